The van der Waals surface area contributed by atoms with Crippen molar-refractivity contribution in [1.29, 1.82) is 0 Å². The van der Waals surface area contributed by atoms with E-state index in [2.05, 4.69) is 17.9 Å². The van der Waals surface area contributed by atoms with Crippen LogP contribution in [0.4, 0.5) is 5.69 Å². The van der Waals surface area contributed by atoms with Gasteiger partial charge in [0.2, 0.25) is 5.91 Å². The van der Waals surface area contributed by atoms with E-state index in [4.69, 9.17) is 4.74 Å². The number of benzene rings is 1. The number of methoxy groups -OCH3 is 1. The van der Waals surface area contributed by atoms with Crippen LogP contribution < -0.4 is 9.64 Å². The predicted octanol–water partition coefficient (Wildman–Crippen LogP) is 3.82. The topological polar surface area (TPSA) is 53.0 Å². The molecular weight excluding hydrogens is 352 g/mol. The Hall–Kier alpha value is -1.75. The minimum Gasteiger partial charge on any atom is -0.503 e. The highest BCUT2D eigenvalue weighted by Gasteiger charge is 2.68. The molecule has 2 saturated heterocycles. The Kier molecular flexibility index (Phi) is 4.00. The number of ether oxygens (including phenoxy) is 1. The van der Waals surface area contributed by atoms with E-state index >= 15 is 0 Å². The number of piperidine rings is 1. The summed E-state index contributed by atoms with van der Waals surface area (Å²) in [6.45, 7) is 6.54. The second kappa shape index (κ2) is 6.12. The molecule has 4 aliphatic rings. The van der Waals surface area contributed by atoms with Crippen molar-refractivity contribution >= 4 is 11.6 Å². The maximum absolute atomic E-state index is 13.1. The first-order chi connectivity index (χ1) is 13.5. The van der Waals surface area contributed by atoms with E-state index in [0.29, 0.717) is 23.6 Å². The summed E-state index contributed by atoms with van der Waals surface area (Å²) in [7, 11) is 1.58. The molecule has 1 spiro atoms. The molecule has 5 nitrogen and oxygen atoms in total. The number of phenols is 1. The lowest BCUT2D eigenvalue weighted by atomic mass is 9.52. The first kappa shape index (κ1) is 18.3. The number of hydrogen-bond donors (Lipinski definition) is 1. The molecule has 5 heteroatoms. The van der Waals surface area contributed by atoms with E-state index in [9.17, 15) is 9.90 Å². The summed E-state index contributed by atoms with van der Waals surface area (Å²) in [4.78, 5) is 17.8. The zero-order valence-electron chi connectivity index (χ0n) is 17.3. The molecule has 1 amide bonds. The van der Waals surface area contributed by atoms with Crippen molar-refractivity contribution in [3.63, 3.8) is 0 Å². The largest absolute Gasteiger partial charge is 0.503 e. The number of nitrogens with zero attached hydrogens (tertiary/aromatic N) is 2. The molecule has 1 aliphatic carbocycles. The van der Waals surface area contributed by atoms with E-state index in [1.807, 2.05) is 17.9 Å². The molecule has 0 unspecified atom stereocenters. The molecule has 3 aliphatic heterocycles. The van der Waals surface area contributed by atoms with Crippen LogP contribution in [0.3, 0.4) is 0 Å². The van der Waals surface area contributed by atoms with E-state index < -0.39 is 0 Å². The third-order valence-electron chi connectivity index (χ3n) is 8.54. The van der Waals surface area contributed by atoms with E-state index in [-0.39, 0.29) is 23.1 Å². The number of hydrogen-bond acceptors (Lipinski definition) is 4. The summed E-state index contributed by atoms with van der Waals surface area (Å²) in [6.07, 6.45) is 7.51. The Labute approximate surface area is 167 Å². The standard InChI is InChI=1S/C23H32N2O3/c1-4-18(26)25-17-9-11-22(5-2)10-6-13-24-14-12-23(17,21(22)24)15-7-8-16(28-3)20(27)19(15)25/h7-8,17,21,27H,4-6,9-14H2,1-3H3/t17-,21-,22-,23-/m0/s1. The van der Waals surface area contributed by atoms with Crippen LogP contribution in [0.15, 0.2) is 12.1 Å². The molecule has 5 rings (SSSR count). The second-order valence-electron chi connectivity index (χ2n) is 9.23. The molecule has 3 heterocycles. The van der Waals surface area contributed by atoms with Crippen molar-refractivity contribution in [1.82, 2.24) is 4.90 Å². The third-order valence-corrected chi connectivity index (χ3v) is 8.54. The maximum Gasteiger partial charge on any atom is 0.227 e. The molecule has 0 bridgehead atoms. The molecule has 1 aromatic rings. The van der Waals surface area contributed by atoms with Gasteiger partial charge in [0, 0.05) is 23.9 Å². The number of rotatable bonds is 3. The summed E-state index contributed by atoms with van der Waals surface area (Å²) in [5.41, 5.74) is 2.20. The van der Waals surface area contributed by atoms with Crippen LogP contribution in [0.5, 0.6) is 11.5 Å². The normalized spacial score (nSPS) is 36.0. The fourth-order valence-electron chi connectivity index (χ4n) is 7.50. The first-order valence-electron chi connectivity index (χ1n) is 11.0. The highest BCUT2D eigenvalue weighted by molar-refractivity contribution is 6.00. The van der Waals surface area contributed by atoms with Crippen LogP contribution in [-0.2, 0) is 10.2 Å². The number of carbonyl (C=O) groups excluding carboxylic acids is 1. The molecule has 28 heavy (non-hydrogen) atoms. The van der Waals surface area contributed by atoms with Crippen molar-refractivity contribution in [3.8, 4) is 11.5 Å². The van der Waals surface area contributed by atoms with Gasteiger partial charge in [-0.1, -0.05) is 19.9 Å². The average Bonchev–Trinajstić information content (AvgIpc) is 3.26. The monoisotopic (exact) mass is 384 g/mol. The van der Waals surface area contributed by atoms with Gasteiger partial charge in [0.05, 0.1) is 12.8 Å². The Morgan fingerprint density at radius 1 is 1.25 bits per heavy atom. The fraction of sp³-hybridized carbons (Fsp3) is 0.696. The van der Waals surface area contributed by atoms with Gasteiger partial charge in [0.15, 0.2) is 11.5 Å². The first-order valence-corrected chi connectivity index (χ1v) is 11.0. The van der Waals surface area contributed by atoms with Crippen molar-refractivity contribution in [2.45, 2.75) is 76.3 Å². The highest BCUT2D eigenvalue weighted by atomic mass is 16.5. The fourth-order valence-corrected chi connectivity index (χ4v) is 7.50. The number of amides is 1. The van der Waals surface area contributed by atoms with Gasteiger partial charge in [-0.05, 0) is 68.7 Å². The number of aromatic hydroxyl groups is 1. The summed E-state index contributed by atoms with van der Waals surface area (Å²) < 4.78 is 5.41. The highest BCUT2D eigenvalue weighted by Crippen LogP contribution is 2.67. The average molecular weight is 385 g/mol. The van der Waals surface area contributed by atoms with Crippen LogP contribution in [-0.4, -0.2) is 48.2 Å². The maximum atomic E-state index is 13.1. The number of phenolic OH excluding ortho intramolecular Hbond substituents is 1. The Morgan fingerprint density at radius 3 is 2.79 bits per heavy atom. The van der Waals surface area contributed by atoms with Crippen LogP contribution >= 0.6 is 0 Å². The molecule has 1 aromatic carbocycles. The van der Waals surface area contributed by atoms with Gasteiger partial charge in [-0.15, -0.1) is 0 Å². The number of carbonyl (C=O) groups is 1. The van der Waals surface area contributed by atoms with E-state index in [1.54, 1.807) is 7.11 Å². The molecule has 152 valence electrons. The smallest absolute Gasteiger partial charge is 0.227 e. The van der Waals surface area contributed by atoms with Crippen LogP contribution in [0.1, 0.15) is 64.4 Å². The van der Waals surface area contributed by atoms with Gasteiger partial charge in [-0.3, -0.25) is 9.69 Å². The molecule has 1 saturated carbocycles. The molecule has 1 N–H and O–H groups in total. The van der Waals surface area contributed by atoms with E-state index in [1.165, 1.54) is 37.8 Å². The number of fused-ring (bicyclic) bond motifs is 1. The molecule has 0 radical (unpaired) electrons. The molecule has 3 fully saturated rings. The zero-order chi connectivity index (χ0) is 19.7. The van der Waals surface area contributed by atoms with Gasteiger partial charge in [0.1, 0.15) is 0 Å². The Morgan fingerprint density at radius 2 is 2.07 bits per heavy atom. The Balaban J connectivity index is 1.76. The van der Waals surface area contributed by atoms with Crippen LogP contribution in [0.25, 0.3) is 0 Å². The summed E-state index contributed by atoms with van der Waals surface area (Å²) in [6, 6.07) is 4.67. The molecule has 0 aromatic heterocycles. The van der Waals surface area contributed by atoms with Crippen molar-refractivity contribution < 1.29 is 14.6 Å². The SMILES string of the molecule is CCC(=O)N1c2c(ccc(OC)c2O)[C@@]23CCN4CCC[C@@](CC)(CC[C@H]12)[C@H]43. The van der Waals surface area contributed by atoms with Gasteiger partial charge in [0.25, 0.3) is 0 Å². The second-order valence-corrected chi connectivity index (χ2v) is 9.23. The minimum atomic E-state index is -0.0569. The third kappa shape index (κ3) is 1.99. The van der Waals surface area contributed by atoms with E-state index in [0.717, 1.165) is 25.1 Å². The van der Waals surface area contributed by atoms with Gasteiger partial charge in [-0.2, -0.15) is 0 Å². The van der Waals surface area contributed by atoms with Gasteiger partial charge < -0.3 is 14.7 Å². The summed E-state index contributed by atoms with van der Waals surface area (Å²) in [5, 5.41) is 11.1. The lowest BCUT2D eigenvalue weighted by Crippen LogP contribution is -2.65. The zero-order valence-corrected chi connectivity index (χ0v) is 17.3. The lowest BCUT2D eigenvalue weighted by Gasteiger charge is -2.58. The summed E-state index contributed by atoms with van der Waals surface area (Å²) >= 11 is 0. The minimum absolute atomic E-state index is 0.0569. The van der Waals surface area contributed by atoms with Crippen LogP contribution in [0.2, 0.25) is 0 Å². The van der Waals surface area contributed by atoms with Crippen molar-refractivity contribution in [2.75, 3.05) is 25.1 Å². The van der Waals surface area contributed by atoms with Crippen molar-refractivity contribution in [3.05, 3.63) is 17.7 Å². The molecular formula is C23H32N2O3. The quantitative estimate of drug-likeness (QED) is 0.861. The number of anilines is 1. The Bertz CT molecular complexity index is 824. The summed E-state index contributed by atoms with van der Waals surface area (Å²) in [5.74, 6) is 0.717. The molecule has 4 atom stereocenters. The lowest BCUT2D eigenvalue weighted by molar-refractivity contribution is -0.119. The van der Waals surface area contributed by atoms with Gasteiger partial charge >= 0.3 is 0 Å². The predicted molar refractivity (Wildman–Crippen MR) is 109 cm³/mol. The van der Waals surface area contributed by atoms with Gasteiger partial charge in [-0.25, -0.2) is 0 Å². The van der Waals surface area contributed by atoms with Crippen molar-refractivity contribution in [2.24, 2.45) is 5.41 Å². The van der Waals surface area contributed by atoms with Crippen LogP contribution in [0, 0.1) is 5.41 Å².